The van der Waals surface area contributed by atoms with Crippen LogP contribution in [0.25, 0.3) is 0 Å². The lowest BCUT2D eigenvalue weighted by atomic mass is 10.1. The van der Waals surface area contributed by atoms with Crippen LogP contribution < -0.4 is 5.32 Å². The van der Waals surface area contributed by atoms with Crippen molar-refractivity contribution in [3.05, 3.63) is 29.8 Å². The van der Waals surface area contributed by atoms with Crippen molar-refractivity contribution in [3.8, 4) is 0 Å². The lowest BCUT2D eigenvalue weighted by Crippen LogP contribution is -2.40. The molecule has 2 amide bonds. The zero-order valence-corrected chi connectivity index (χ0v) is 11.7. The minimum Gasteiger partial charge on any atom is -0.478 e. The number of nitrogens with one attached hydrogen (secondary N) is 1. The molecule has 0 spiro atoms. The quantitative estimate of drug-likeness (QED) is 0.878. The van der Waals surface area contributed by atoms with E-state index in [4.69, 9.17) is 5.11 Å². The van der Waals surface area contributed by atoms with Crippen molar-refractivity contribution in [3.63, 3.8) is 0 Å². The first-order valence-corrected chi connectivity index (χ1v) is 6.20. The summed E-state index contributed by atoms with van der Waals surface area (Å²) >= 11 is 0. The smallest absolute Gasteiger partial charge is 0.335 e. The summed E-state index contributed by atoms with van der Waals surface area (Å²) in [4.78, 5) is 24.3. The van der Waals surface area contributed by atoms with Gasteiger partial charge in [0, 0.05) is 18.8 Å². The summed E-state index contributed by atoms with van der Waals surface area (Å²) in [5, 5.41) is 11.5. The van der Waals surface area contributed by atoms with Crippen molar-refractivity contribution < 1.29 is 14.7 Å². The van der Waals surface area contributed by atoms with Crippen molar-refractivity contribution in [2.24, 2.45) is 5.92 Å². The third kappa shape index (κ3) is 3.98. The Hall–Kier alpha value is -2.04. The molecule has 5 heteroatoms. The second-order valence-electron chi connectivity index (χ2n) is 4.91. The van der Waals surface area contributed by atoms with Crippen LogP contribution in [0.1, 0.15) is 31.1 Å². The third-order valence-corrected chi connectivity index (χ3v) is 3.28. The van der Waals surface area contributed by atoms with Gasteiger partial charge in [0.2, 0.25) is 0 Å². The maximum Gasteiger partial charge on any atom is 0.335 e. The summed E-state index contributed by atoms with van der Waals surface area (Å²) in [6.07, 6.45) is 0. The lowest BCUT2D eigenvalue weighted by molar-refractivity contribution is 0.0697. The van der Waals surface area contributed by atoms with Crippen LogP contribution in [0.4, 0.5) is 10.5 Å². The first-order valence-electron chi connectivity index (χ1n) is 6.20. The number of aromatic carboxylic acids is 1. The monoisotopic (exact) mass is 264 g/mol. The Morgan fingerprint density at radius 2 is 1.68 bits per heavy atom. The molecule has 0 aliphatic rings. The second-order valence-corrected chi connectivity index (χ2v) is 4.91. The van der Waals surface area contributed by atoms with Crippen molar-refractivity contribution in [2.75, 3.05) is 12.4 Å². The van der Waals surface area contributed by atoms with E-state index in [0.717, 1.165) is 0 Å². The van der Waals surface area contributed by atoms with Crippen LogP contribution in [0.15, 0.2) is 24.3 Å². The normalized spacial score (nSPS) is 12.1. The van der Waals surface area contributed by atoms with E-state index in [2.05, 4.69) is 19.2 Å². The average molecular weight is 264 g/mol. The number of urea groups is 1. The first kappa shape index (κ1) is 15.0. The van der Waals surface area contributed by atoms with Crippen LogP contribution >= 0.6 is 0 Å². The van der Waals surface area contributed by atoms with Gasteiger partial charge in [0.25, 0.3) is 0 Å². The molecule has 0 heterocycles. The third-order valence-electron chi connectivity index (χ3n) is 3.28. The van der Waals surface area contributed by atoms with Crippen LogP contribution in [0.2, 0.25) is 0 Å². The maximum atomic E-state index is 12.0. The van der Waals surface area contributed by atoms with Gasteiger partial charge in [-0.1, -0.05) is 13.8 Å². The van der Waals surface area contributed by atoms with Crippen molar-refractivity contribution in [1.82, 2.24) is 4.90 Å². The molecule has 1 rings (SSSR count). The van der Waals surface area contributed by atoms with Gasteiger partial charge in [-0.25, -0.2) is 9.59 Å². The molecular weight excluding hydrogens is 244 g/mol. The maximum absolute atomic E-state index is 12.0. The summed E-state index contributed by atoms with van der Waals surface area (Å²) in [5.41, 5.74) is 0.778. The van der Waals surface area contributed by atoms with Gasteiger partial charge in [-0.2, -0.15) is 0 Å². The fourth-order valence-electron chi connectivity index (χ4n) is 1.54. The van der Waals surface area contributed by atoms with Gasteiger partial charge >= 0.3 is 12.0 Å². The molecule has 0 aliphatic carbocycles. The SMILES string of the molecule is CC(C)C(C)N(C)C(=O)Nc1ccc(C(=O)O)cc1. The number of amides is 2. The summed E-state index contributed by atoms with van der Waals surface area (Å²) in [6, 6.07) is 6.00. The van der Waals surface area contributed by atoms with E-state index in [1.165, 1.54) is 12.1 Å². The van der Waals surface area contributed by atoms with E-state index in [1.54, 1.807) is 24.1 Å². The molecular formula is C14H20N2O3. The molecule has 0 bridgehead atoms. The predicted molar refractivity (Wildman–Crippen MR) is 74.5 cm³/mol. The molecule has 0 aromatic heterocycles. The van der Waals surface area contributed by atoms with Gasteiger partial charge in [-0.3, -0.25) is 0 Å². The molecule has 5 nitrogen and oxygen atoms in total. The number of nitrogens with zero attached hydrogens (tertiary/aromatic N) is 1. The molecule has 0 radical (unpaired) electrons. The topological polar surface area (TPSA) is 69.6 Å². The molecule has 2 N–H and O–H groups in total. The number of benzene rings is 1. The molecule has 104 valence electrons. The number of rotatable bonds is 4. The van der Waals surface area contributed by atoms with Gasteiger partial charge in [0.15, 0.2) is 0 Å². The fraction of sp³-hybridized carbons (Fsp3) is 0.429. The summed E-state index contributed by atoms with van der Waals surface area (Å²) in [6.45, 7) is 6.09. The van der Waals surface area contributed by atoms with E-state index in [-0.39, 0.29) is 17.6 Å². The van der Waals surface area contributed by atoms with Crippen LogP contribution in [-0.4, -0.2) is 35.1 Å². The van der Waals surface area contributed by atoms with Crippen LogP contribution in [0.3, 0.4) is 0 Å². The van der Waals surface area contributed by atoms with E-state index >= 15 is 0 Å². The predicted octanol–water partition coefficient (Wildman–Crippen LogP) is 2.89. The highest BCUT2D eigenvalue weighted by Crippen LogP contribution is 2.13. The minimum atomic E-state index is -0.983. The van der Waals surface area contributed by atoms with Crippen LogP contribution in [0.5, 0.6) is 0 Å². The van der Waals surface area contributed by atoms with E-state index in [0.29, 0.717) is 11.6 Å². The second kappa shape index (κ2) is 6.22. The molecule has 0 aliphatic heterocycles. The number of hydrogen-bond donors (Lipinski definition) is 2. The standard InChI is InChI=1S/C14H20N2O3/c1-9(2)10(3)16(4)14(19)15-12-7-5-11(6-8-12)13(17)18/h5-10H,1-4H3,(H,15,19)(H,17,18). The summed E-state index contributed by atoms with van der Waals surface area (Å²) in [5.74, 6) is -0.617. The Balaban J connectivity index is 2.69. The molecule has 1 aromatic rings. The van der Waals surface area contributed by atoms with E-state index in [9.17, 15) is 9.59 Å². The van der Waals surface area contributed by atoms with Crippen molar-refractivity contribution in [2.45, 2.75) is 26.8 Å². The van der Waals surface area contributed by atoms with Gasteiger partial charge in [0.1, 0.15) is 0 Å². The molecule has 1 unspecified atom stereocenters. The zero-order valence-electron chi connectivity index (χ0n) is 11.7. The highest BCUT2D eigenvalue weighted by Gasteiger charge is 2.18. The molecule has 0 saturated carbocycles. The molecule has 0 fully saturated rings. The Kier molecular flexibility index (Phi) is 4.92. The molecule has 19 heavy (non-hydrogen) atoms. The Bertz CT molecular complexity index is 454. The molecule has 0 saturated heterocycles. The van der Waals surface area contributed by atoms with E-state index in [1.807, 2.05) is 6.92 Å². The van der Waals surface area contributed by atoms with Gasteiger partial charge in [-0.15, -0.1) is 0 Å². The van der Waals surface area contributed by atoms with Crippen molar-refractivity contribution in [1.29, 1.82) is 0 Å². The Morgan fingerprint density at radius 1 is 1.16 bits per heavy atom. The number of carbonyl (C=O) groups excluding carboxylic acids is 1. The van der Waals surface area contributed by atoms with Crippen LogP contribution in [-0.2, 0) is 0 Å². The minimum absolute atomic E-state index is 0.123. The number of anilines is 1. The fourth-order valence-corrected chi connectivity index (χ4v) is 1.54. The highest BCUT2D eigenvalue weighted by molar-refractivity contribution is 5.91. The number of carboxylic acid groups (broad SMARTS) is 1. The van der Waals surface area contributed by atoms with E-state index < -0.39 is 5.97 Å². The Labute approximate surface area is 113 Å². The highest BCUT2D eigenvalue weighted by atomic mass is 16.4. The molecule has 1 atom stereocenters. The molecule has 1 aromatic carbocycles. The average Bonchev–Trinajstić information content (AvgIpc) is 2.37. The first-order chi connectivity index (χ1) is 8.82. The van der Waals surface area contributed by atoms with Gasteiger partial charge < -0.3 is 15.3 Å². The zero-order chi connectivity index (χ0) is 14.6. The van der Waals surface area contributed by atoms with Crippen molar-refractivity contribution >= 4 is 17.7 Å². The summed E-state index contributed by atoms with van der Waals surface area (Å²) < 4.78 is 0. The van der Waals surface area contributed by atoms with Gasteiger partial charge in [-0.05, 0) is 37.1 Å². The Morgan fingerprint density at radius 3 is 2.11 bits per heavy atom. The summed E-state index contributed by atoms with van der Waals surface area (Å²) in [7, 11) is 1.74. The number of carbonyl (C=O) groups is 2. The van der Waals surface area contributed by atoms with Crippen LogP contribution in [0, 0.1) is 5.92 Å². The number of carboxylic acids is 1. The van der Waals surface area contributed by atoms with Gasteiger partial charge in [0.05, 0.1) is 5.56 Å². The largest absolute Gasteiger partial charge is 0.478 e. The lowest BCUT2D eigenvalue weighted by Gasteiger charge is -2.28. The number of hydrogen-bond acceptors (Lipinski definition) is 2.